The van der Waals surface area contributed by atoms with Crippen molar-refractivity contribution in [2.24, 2.45) is 0 Å². The van der Waals surface area contributed by atoms with Crippen molar-refractivity contribution in [2.75, 3.05) is 76.0 Å². The molecule has 0 amide bonds. The van der Waals surface area contributed by atoms with E-state index in [2.05, 4.69) is 46.2 Å². The maximum absolute atomic E-state index is 16.2. The van der Waals surface area contributed by atoms with E-state index in [9.17, 15) is 0 Å². The van der Waals surface area contributed by atoms with E-state index in [1.54, 1.807) is 0 Å². The van der Waals surface area contributed by atoms with Crippen LogP contribution in [0.25, 0.3) is 22.3 Å². The van der Waals surface area contributed by atoms with Gasteiger partial charge < -0.3 is 19.6 Å². The summed E-state index contributed by atoms with van der Waals surface area (Å²) in [7, 11) is 11.9. The van der Waals surface area contributed by atoms with Crippen molar-refractivity contribution in [1.29, 1.82) is 0 Å². The summed E-state index contributed by atoms with van der Waals surface area (Å²) in [5.74, 6) is 0. The molecular weight excluding hydrogens is 673 g/mol. The van der Waals surface area contributed by atoms with E-state index >= 15 is 8.42 Å². The highest BCUT2D eigenvalue weighted by molar-refractivity contribution is 7.92. The first kappa shape index (κ1) is 37.2. The molecule has 0 saturated carbocycles. The summed E-state index contributed by atoms with van der Waals surface area (Å²) < 4.78 is 32.5. The molecule has 0 fully saturated rings. The Morgan fingerprint density at radius 3 is 0.981 bits per heavy atom. The molecule has 6 aromatic carbocycles. The topological polar surface area (TPSA) is 47.1 Å². The van der Waals surface area contributed by atoms with Crippen LogP contribution in [0.1, 0.15) is 32.8 Å². The van der Waals surface area contributed by atoms with Crippen LogP contribution < -0.4 is 19.6 Å². The minimum absolute atomic E-state index is 0.714. The molecular formula is C46H50N4O2S. The van der Waals surface area contributed by atoms with Crippen LogP contribution >= 0.6 is 0 Å². The summed E-state index contributed by atoms with van der Waals surface area (Å²) in [5.41, 5.74) is 10.6. The van der Waals surface area contributed by atoms with E-state index in [0.29, 0.717) is 11.1 Å². The second-order valence-electron chi connectivity index (χ2n) is 14.4. The lowest BCUT2D eigenvalue weighted by atomic mass is 9.93. The fraction of sp³-hybridized carbons (Fsp3) is 0.217. The molecule has 0 aromatic heterocycles. The lowest BCUT2D eigenvalue weighted by Gasteiger charge is -2.30. The van der Waals surface area contributed by atoms with Crippen molar-refractivity contribution in [3.05, 3.63) is 168 Å². The molecule has 0 bridgehead atoms. The largest absolute Gasteiger partial charge is 0.378 e. The predicted molar refractivity (Wildman–Crippen MR) is 227 cm³/mol. The fourth-order valence-electron chi connectivity index (χ4n) is 6.96. The third-order valence-corrected chi connectivity index (χ3v) is 12.3. The summed E-state index contributed by atoms with van der Waals surface area (Å²) in [4.78, 5) is 8.17. The summed E-state index contributed by atoms with van der Waals surface area (Å²) in [6, 6.07) is 48.5. The fourth-order valence-corrected chi connectivity index (χ4v) is 9.42. The summed E-state index contributed by atoms with van der Waals surface area (Å²) in [6.45, 7) is 0. The highest BCUT2D eigenvalue weighted by Gasteiger charge is 2.41. The number of hydrogen-bond donors (Lipinski definition) is 0. The van der Waals surface area contributed by atoms with Gasteiger partial charge in [0.1, 0.15) is 10.5 Å². The van der Waals surface area contributed by atoms with Crippen LogP contribution in [-0.2, 0) is 9.84 Å². The van der Waals surface area contributed by atoms with Gasteiger partial charge >= 0.3 is 0 Å². The van der Waals surface area contributed by atoms with Crippen LogP contribution in [0.15, 0.2) is 146 Å². The molecule has 0 N–H and O–H groups in total. The van der Waals surface area contributed by atoms with E-state index in [-0.39, 0.29) is 0 Å². The molecule has 0 aliphatic heterocycles. The van der Waals surface area contributed by atoms with Gasteiger partial charge in [0.15, 0.2) is 9.84 Å². The standard InChI is InChI=1S/C46H50N4O2S/c1-47(2)37-23-19-35(20-24-37)45(41-29-27-39(49(5)6)31-43(41)33-15-11-9-12-16-33)53(51,52)46(36-21-25-38(26-22-36)48(3)4)42-30-28-40(50(7)8)32-44(42)34-17-13-10-14-18-34/h9-32,45-46H,1-8H3. The van der Waals surface area contributed by atoms with Crippen LogP contribution in [0.4, 0.5) is 22.7 Å². The van der Waals surface area contributed by atoms with Crippen molar-refractivity contribution in [3.63, 3.8) is 0 Å². The number of anilines is 4. The average molecular weight is 723 g/mol. The Morgan fingerprint density at radius 1 is 0.377 bits per heavy atom. The van der Waals surface area contributed by atoms with Gasteiger partial charge in [-0.3, -0.25) is 0 Å². The zero-order chi connectivity index (χ0) is 37.9. The van der Waals surface area contributed by atoms with Crippen LogP contribution in [-0.4, -0.2) is 64.8 Å². The SMILES string of the molecule is CN(C)c1ccc(C(c2ccc(N(C)C)cc2-c2ccccc2)S(=O)(=O)C(c2ccc(N(C)C)cc2)c2ccc(N(C)C)cc2-c2ccccc2)cc1. The molecule has 0 heterocycles. The molecule has 53 heavy (non-hydrogen) atoms. The first-order valence-corrected chi connectivity index (χ1v) is 19.5. The van der Waals surface area contributed by atoms with Crippen molar-refractivity contribution in [3.8, 4) is 22.3 Å². The van der Waals surface area contributed by atoms with Crippen molar-refractivity contribution in [1.82, 2.24) is 0 Å². The molecule has 272 valence electrons. The molecule has 6 aromatic rings. The number of sulfone groups is 1. The Balaban J connectivity index is 1.70. The van der Waals surface area contributed by atoms with E-state index in [1.165, 1.54) is 0 Å². The van der Waals surface area contributed by atoms with Gasteiger partial charge in [-0.1, -0.05) is 97.1 Å². The minimum Gasteiger partial charge on any atom is -0.378 e. The van der Waals surface area contributed by atoms with E-state index in [0.717, 1.165) is 56.1 Å². The quantitative estimate of drug-likeness (QED) is 0.125. The Morgan fingerprint density at radius 2 is 0.679 bits per heavy atom. The van der Waals surface area contributed by atoms with E-state index < -0.39 is 20.3 Å². The molecule has 0 aliphatic rings. The summed E-state index contributed by atoms with van der Waals surface area (Å²) in [6.07, 6.45) is 0. The molecule has 2 unspecified atom stereocenters. The smallest absolute Gasteiger partial charge is 0.172 e. The molecule has 7 heteroatoms. The Bertz CT molecular complexity index is 2090. The molecule has 0 radical (unpaired) electrons. The van der Waals surface area contributed by atoms with Gasteiger partial charge in [-0.2, -0.15) is 0 Å². The molecule has 0 saturated heterocycles. The van der Waals surface area contributed by atoms with Gasteiger partial charge in [-0.25, -0.2) is 8.42 Å². The second-order valence-corrected chi connectivity index (χ2v) is 16.5. The van der Waals surface area contributed by atoms with Crippen LogP contribution in [0.3, 0.4) is 0 Å². The number of nitrogens with zero attached hydrogens (tertiary/aromatic N) is 4. The number of hydrogen-bond acceptors (Lipinski definition) is 6. The van der Waals surface area contributed by atoms with Crippen molar-refractivity contribution < 1.29 is 8.42 Å². The maximum Gasteiger partial charge on any atom is 0.172 e. The highest BCUT2D eigenvalue weighted by Crippen LogP contribution is 2.48. The summed E-state index contributed by atoms with van der Waals surface area (Å²) in [5, 5.41) is -2.00. The molecule has 6 nitrogen and oxygen atoms in total. The molecule has 2 atom stereocenters. The lowest BCUT2D eigenvalue weighted by molar-refractivity contribution is 0.582. The maximum atomic E-state index is 16.2. The van der Waals surface area contributed by atoms with Gasteiger partial charge in [0.25, 0.3) is 0 Å². The Labute approximate surface area is 316 Å². The molecule has 6 rings (SSSR count). The van der Waals surface area contributed by atoms with Gasteiger partial charge in [-0.05, 0) is 93.0 Å². The number of benzene rings is 6. The average Bonchev–Trinajstić information content (AvgIpc) is 3.16. The highest BCUT2D eigenvalue weighted by atomic mass is 32.2. The second kappa shape index (κ2) is 15.6. The molecule has 0 spiro atoms. The van der Waals surface area contributed by atoms with Gasteiger partial charge in [0.05, 0.1) is 0 Å². The predicted octanol–water partition coefficient (Wildman–Crippen LogP) is 9.58. The van der Waals surface area contributed by atoms with Crippen LogP contribution in [0.5, 0.6) is 0 Å². The normalized spacial score (nSPS) is 12.5. The van der Waals surface area contributed by atoms with Crippen LogP contribution in [0, 0.1) is 0 Å². The molecule has 0 aliphatic carbocycles. The number of rotatable bonds is 12. The van der Waals surface area contributed by atoms with Crippen molar-refractivity contribution in [2.45, 2.75) is 10.5 Å². The monoisotopic (exact) mass is 722 g/mol. The van der Waals surface area contributed by atoms with Crippen LogP contribution in [0.2, 0.25) is 0 Å². The minimum atomic E-state index is -4.12. The Hall–Kier alpha value is -5.53. The Kier molecular flexibility index (Phi) is 11.0. The summed E-state index contributed by atoms with van der Waals surface area (Å²) >= 11 is 0. The third kappa shape index (κ3) is 7.81. The van der Waals surface area contributed by atoms with E-state index in [1.807, 2.05) is 175 Å². The first-order valence-electron chi connectivity index (χ1n) is 17.9. The third-order valence-electron chi connectivity index (χ3n) is 9.92. The zero-order valence-electron chi connectivity index (χ0n) is 32.0. The van der Waals surface area contributed by atoms with Gasteiger partial charge in [0.2, 0.25) is 0 Å². The first-order chi connectivity index (χ1) is 25.4. The lowest BCUT2D eigenvalue weighted by Crippen LogP contribution is -2.25. The van der Waals surface area contributed by atoms with Gasteiger partial charge in [0, 0.05) is 79.1 Å². The zero-order valence-corrected chi connectivity index (χ0v) is 32.8. The van der Waals surface area contributed by atoms with E-state index in [4.69, 9.17) is 0 Å². The van der Waals surface area contributed by atoms with Crippen molar-refractivity contribution >= 4 is 32.6 Å². The van der Waals surface area contributed by atoms with Gasteiger partial charge in [-0.15, -0.1) is 0 Å².